The summed E-state index contributed by atoms with van der Waals surface area (Å²) in [4.78, 5) is 4.96. The molecule has 2 unspecified atom stereocenters. The zero-order valence-corrected chi connectivity index (χ0v) is 13.5. The van der Waals surface area contributed by atoms with E-state index in [0.29, 0.717) is 6.04 Å². The molecule has 0 amide bonds. The molecule has 2 atom stereocenters. The number of rotatable bonds is 6. The van der Waals surface area contributed by atoms with E-state index in [0.717, 1.165) is 44.8 Å². The number of nitrogens with one attached hydrogen (secondary N) is 1. The molecule has 1 aliphatic heterocycles. The van der Waals surface area contributed by atoms with Crippen LogP contribution in [0.5, 0.6) is 0 Å². The van der Waals surface area contributed by atoms with Gasteiger partial charge in [-0.3, -0.25) is 9.80 Å². The first-order valence-electron chi connectivity index (χ1n) is 8.09. The maximum Gasteiger partial charge on any atom is 0.128 e. The molecular weight excluding hydrogens is 265 g/mol. The average molecular weight is 293 g/mol. The van der Waals surface area contributed by atoms with Crippen molar-refractivity contribution < 1.29 is 4.39 Å². The lowest BCUT2D eigenvalue weighted by molar-refractivity contribution is 0.0810. The van der Waals surface area contributed by atoms with E-state index in [1.54, 1.807) is 12.1 Å². The molecule has 1 aliphatic rings. The van der Waals surface area contributed by atoms with E-state index in [1.165, 1.54) is 0 Å². The molecular formula is C17H28FN3. The Bertz CT molecular complexity index is 438. The molecule has 1 fully saturated rings. The van der Waals surface area contributed by atoms with Crippen molar-refractivity contribution >= 4 is 0 Å². The smallest absolute Gasteiger partial charge is 0.128 e. The molecule has 1 aromatic rings. The molecule has 1 aromatic carbocycles. The molecule has 1 heterocycles. The van der Waals surface area contributed by atoms with Gasteiger partial charge in [0.2, 0.25) is 0 Å². The van der Waals surface area contributed by atoms with Crippen LogP contribution in [0.15, 0.2) is 24.3 Å². The first kappa shape index (κ1) is 16.4. The van der Waals surface area contributed by atoms with Crippen molar-refractivity contribution in [3.05, 3.63) is 35.6 Å². The van der Waals surface area contributed by atoms with Gasteiger partial charge in [-0.05, 0) is 26.1 Å². The number of likely N-dealkylation sites (N-methyl/N-ethyl adjacent to an activating group) is 2. The third-order valence-corrected chi connectivity index (χ3v) is 4.43. The predicted molar refractivity (Wildman–Crippen MR) is 86.0 cm³/mol. The minimum absolute atomic E-state index is 0.0663. The second kappa shape index (κ2) is 7.87. The fraction of sp³-hybridized carbons (Fsp3) is 0.647. The van der Waals surface area contributed by atoms with Crippen LogP contribution < -0.4 is 5.32 Å². The second-order valence-corrected chi connectivity index (χ2v) is 5.87. The largest absolute Gasteiger partial charge is 0.309 e. The highest BCUT2D eigenvalue weighted by Gasteiger charge is 2.25. The Morgan fingerprint density at radius 3 is 2.67 bits per heavy atom. The number of piperazine rings is 1. The Morgan fingerprint density at radius 1 is 1.29 bits per heavy atom. The minimum Gasteiger partial charge on any atom is -0.309 e. The van der Waals surface area contributed by atoms with Crippen LogP contribution in [0.4, 0.5) is 4.39 Å². The van der Waals surface area contributed by atoms with Crippen molar-refractivity contribution in [2.45, 2.75) is 32.9 Å². The lowest BCUT2D eigenvalue weighted by Crippen LogP contribution is -2.53. The van der Waals surface area contributed by atoms with Crippen molar-refractivity contribution in [1.29, 1.82) is 0 Å². The molecule has 0 aromatic heterocycles. The van der Waals surface area contributed by atoms with Crippen LogP contribution in [0.1, 0.15) is 32.4 Å². The molecule has 0 spiro atoms. The molecule has 1 N–H and O–H groups in total. The van der Waals surface area contributed by atoms with E-state index < -0.39 is 0 Å². The van der Waals surface area contributed by atoms with Crippen LogP contribution in [0, 0.1) is 5.82 Å². The SMILES string of the molecule is CCNC(CN1CCN(CC)C(C)C1)c1ccccc1F. The first-order valence-corrected chi connectivity index (χ1v) is 8.09. The summed E-state index contributed by atoms with van der Waals surface area (Å²) < 4.78 is 14.0. The van der Waals surface area contributed by atoms with Gasteiger partial charge >= 0.3 is 0 Å². The van der Waals surface area contributed by atoms with Crippen molar-refractivity contribution in [2.24, 2.45) is 0 Å². The summed E-state index contributed by atoms with van der Waals surface area (Å²) in [6.07, 6.45) is 0. The van der Waals surface area contributed by atoms with Crippen LogP contribution >= 0.6 is 0 Å². The number of benzene rings is 1. The molecule has 118 valence electrons. The minimum atomic E-state index is -0.108. The summed E-state index contributed by atoms with van der Waals surface area (Å²) in [6, 6.07) is 7.76. The maximum atomic E-state index is 14.0. The Kier molecular flexibility index (Phi) is 6.15. The van der Waals surface area contributed by atoms with E-state index in [4.69, 9.17) is 0 Å². The second-order valence-electron chi connectivity index (χ2n) is 5.87. The third kappa shape index (κ3) is 4.25. The molecule has 21 heavy (non-hydrogen) atoms. The van der Waals surface area contributed by atoms with Gasteiger partial charge in [-0.2, -0.15) is 0 Å². The van der Waals surface area contributed by atoms with Crippen LogP contribution in [0.2, 0.25) is 0 Å². The van der Waals surface area contributed by atoms with Gasteiger partial charge in [-0.1, -0.05) is 32.0 Å². The quantitative estimate of drug-likeness (QED) is 0.869. The first-order chi connectivity index (χ1) is 10.2. The summed E-state index contributed by atoms with van der Waals surface area (Å²) >= 11 is 0. The lowest BCUT2D eigenvalue weighted by Gasteiger charge is -2.40. The summed E-state index contributed by atoms with van der Waals surface area (Å²) in [5.74, 6) is -0.108. The van der Waals surface area contributed by atoms with E-state index >= 15 is 0 Å². The van der Waals surface area contributed by atoms with Gasteiger partial charge in [0.15, 0.2) is 0 Å². The van der Waals surface area contributed by atoms with Crippen LogP contribution in [0.3, 0.4) is 0 Å². The standard InChI is InChI=1S/C17H28FN3/c1-4-19-17(15-8-6-7-9-16(15)18)13-20-10-11-21(5-2)14(3)12-20/h6-9,14,17,19H,4-5,10-13H2,1-3H3. The number of halogens is 1. The van der Waals surface area contributed by atoms with Crippen molar-refractivity contribution in [2.75, 3.05) is 39.3 Å². The van der Waals surface area contributed by atoms with Crippen LogP contribution in [0.25, 0.3) is 0 Å². The fourth-order valence-corrected chi connectivity index (χ4v) is 3.24. The lowest BCUT2D eigenvalue weighted by atomic mass is 10.0. The fourth-order valence-electron chi connectivity index (χ4n) is 3.24. The van der Waals surface area contributed by atoms with E-state index in [2.05, 4.69) is 35.9 Å². The van der Waals surface area contributed by atoms with E-state index in [1.807, 2.05) is 12.1 Å². The zero-order valence-electron chi connectivity index (χ0n) is 13.5. The molecule has 0 aliphatic carbocycles. The molecule has 3 nitrogen and oxygen atoms in total. The predicted octanol–water partition coefficient (Wildman–Crippen LogP) is 2.50. The molecule has 0 saturated carbocycles. The summed E-state index contributed by atoms with van der Waals surface area (Å²) in [5.41, 5.74) is 0.782. The highest BCUT2D eigenvalue weighted by atomic mass is 19.1. The van der Waals surface area contributed by atoms with Gasteiger partial charge in [-0.15, -0.1) is 0 Å². The summed E-state index contributed by atoms with van der Waals surface area (Å²) in [6.45, 7) is 12.6. The summed E-state index contributed by atoms with van der Waals surface area (Å²) in [5, 5.41) is 3.43. The van der Waals surface area contributed by atoms with Gasteiger partial charge in [-0.25, -0.2) is 4.39 Å². The third-order valence-electron chi connectivity index (χ3n) is 4.43. The van der Waals surface area contributed by atoms with E-state index in [-0.39, 0.29) is 11.9 Å². The molecule has 2 rings (SSSR count). The molecule has 1 saturated heterocycles. The van der Waals surface area contributed by atoms with Gasteiger partial charge in [0, 0.05) is 43.8 Å². The van der Waals surface area contributed by atoms with Crippen molar-refractivity contribution in [3.8, 4) is 0 Å². The number of hydrogen-bond acceptors (Lipinski definition) is 3. The van der Waals surface area contributed by atoms with Gasteiger partial charge in [0.1, 0.15) is 5.82 Å². The van der Waals surface area contributed by atoms with Crippen molar-refractivity contribution in [3.63, 3.8) is 0 Å². The monoisotopic (exact) mass is 293 g/mol. The Hall–Kier alpha value is -0.970. The zero-order chi connectivity index (χ0) is 15.2. The van der Waals surface area contributed by atoms with Gasteiger partial charge in [0.25, 0.3) is 0 Å². The Morgan fingerprint density at radius 2 is 2.05 bits per heavy atom. The number of nitrogens with zero attached hydrogens (tertiary/aromatic N) is 2. The Labute approximate surface area is 128 Å². The highest BCUT2D eigenvalue weighted by Crippen LogP contribution is 2.20. The van der Waals surface area contributed by atoms with E-state index in [9.17, 15) is 4.39 Å². The Balaban J connectivity index is 2.02. The topological polar surface area (TPSA) is 18.5 Å². The van der Waals surface area contributed by atoms with Crippen LogP contribution in [-0.2, 0) is 0 Å². The highest BCUT2D eigenvalue weighted by molar-refractivity contribution is 5.21. The van der Waals surface area contributed by atoms with Gasteiger partial charge in [0.05, 0.1) is 0 Å². The maximum absolute atomic E-state index is 14.0. The summed E-state index contributed by atoms with van der Waals surface area (Å²) in [7, 11) is 0. The molecule has 0 bridgehead atoms. The van der Waals surface area contributed by atoms with Gasteiger partial charge < -0.3 is 5.32 Å². The van der Waals surface area contributed by atoms with Crippen LogP contribution in [-0.4, -0.2) is 55.1 Å². The average Bonchev–Trinajstić information content (AvgIpc) is 2.47. The molecule has 0 radical (unpaired) electrons. The molecule has 4 heteroatoms. The number of hydrogen-bond donors (Lipinski definition) is 1. The van der Waals surface area contributed by atoms with Crippen molar-refractivity contribution in [1.82, 2.24) is 15.1 Å². The normalized spacial score (nSPS) is 22.4.